The smallest absolute Gasteiger partial charge is 0.347 e. The fourth-order valence-electron chi connectivity index (χ4n) is 2.34. The molecule has 2 rings (SSSR count). The van der Waals surface area contributed by atoms with Crippen LogP contribution in [0.4, 0.5) is 0 Å². The molecule has 1 unspecified atom stereocenters. The maximum atomic E-state index is 10.9. The number of thiazole rings is 1. The third kappa shape index (κ3) is 3.04. The Kier molecular flexibility index (Phi) is 3.79. The van der Waals surface area contributed by atoms with Gasteiger partial charge in [-0.05, 0) is 32.2 Å². The van der Waals surface area contributed by atoms with E-state index in [2.05, 4.69) is 16.8 Å². The SMILES string of the molecule is Cc1nc(CN2CCCC(C)C2)sc1C(=O)O. The number of carboxylic acid groups (broad SMARTS) is 1. The summed E-state index contributed by atoms with van der Waals surface area (Å²) in [6.45, 7) is 7.03. The van der Waals surface area contributed by atoms with Crippen molar-refractivity contribution >= 4 is 17.3 Å². The molecule has 1 aromatic rings. The highest BCUT2D eigenvalue weighted by molar-refractivity contribution is 7.13. The summed E-state index contributed by atoms with van der Waals surface area (Å²) >= 11 is 1.31. The molecule has 0 radical (unpaired) electrons. The van der Waals surface area contributed by atoms with Gasteiger partial charge in [-0.25, -0.2) is 9.78 Å². The zero-order valence-corrected chi connectivity index (χ0v) is 11.1. The monoisotopic (exact) mass is 254 g/mol. The molecule has 0 bridgehead atoms. The largest absolute Gasteiger partial charge is 0.477 e. The predicted molar refractivity (Wildman–Crippen MR) is 67.5 cm³/mol. The van der Waals surface area contributed by atoms with E-state index in [0.717, 1.165) is 30.6 Å². The molecule has 0 amide bonds. The average Bonchev–Trinajstić information content (AvgIpc) is 2.59. The Morgan fingerprint density at radius 2 is 2.41 bits per heavy atom. The van der Waals surface area contributed by atoms with Gasteiger partial charge in [-0.2, -0.15) is 0 Å². The number of aromatic carboxylic acids is 1. The Balaban J connectivity index is 2.03. The van der Waals surface area contributed by atoms with E-state index in [9.17, 15) is 4.79 Å². The van der Waals surface area contributed by atoms with E-state index < -0.39 is 5.97 Å². The van der Waals surface area contributed by atoms with Gasteiger partial charge in [0.05, 0.1) is 12.2 Å². The van der Waals surface area contributed by atoms with Gasteiger partial charge >= 0.3 is 5.97 Å². The zero-order chi connectivity index (χ0) is 12.4. The number of likely N-dealkylation sites (tertiary alicyclic amines) is 1. The predicted octanol–water partition coefficient (Wildman–Crippen LogP) is 2.38. The van der Waals surface area contributed by atoms with Crippen LogP contribution in [0.5, 0.6) is 0 Å². The van der Waals surface area contributed by atoms with Gasteiger partial charge in [0.15, 0.2) is 0 Å². The quantitative estimate of drug-likeness (QED) is 0.899. The van der Waals surface area contributed by atoms with Crippen molar-refractivity contribution in [2.75, 3.05) is 13.1 Å². The first-order valence-corrected chi connectivity index (χ1v) is 6.80. The Labute approximate surface area is 105 Å². The van der Waals surface area contributed by atoms with Crippen LogP contribution in [-0.4, -0.2) is 34.0 Å². The molecule has 4 nitrogen and oxygen atoms in total. The van der Waals surface area contributed by atoms with Crippen LogP contribution in [0.25, 0.3) is 0 Å². The second kappa shape index (κ2) is 5.14. The normalized spacial score (nSPS) is 21.6. The highest BCUT2D eigenvalue weighted by Crippen LogP contribution is 2.22. The van der Waals surface area contributed by atoms with Gasteiger partial charge in [0.1, 0.15) is 9.88 Å². The fourth-order valence-corrected chi connectivity index (χ4v) is 3.29. The van der Waals surface area contributed by atoms with Gasteiger partial charge in [-0.1, -0.05) is 6.92 Å². The lowest BCUT2D eigenvalue weighted by Crippen LogP contribution is -2.33. The third-order valence-electron chi connectivity index (χ3n) is 3.14. The molecule has 1 fully saturated rings. The lowest BCUT2D eigenvalue weighted by molar-refractivity contribution is 0.0701. The minimum Gasteiger partial charge on any atom is -0.477 e. The van der Waals surface area contributed by atoms with Crippen molar-refractivity contribution in [2.45, 2.75) is 33.2 Å². The minimum absolute atomic E-state index is 0.380. The summed E-state index contributed by atoms with van der Waals surface area (Å²) in [5.74, 6) is -0.123. The first-order valence-electron chi connectivity index (χ1n) is 5.98. The molecule has 1 aliphatic rings. The average molecular weight is 254 g/mol. The van der Waals surface area contributed by atoms with Crippen LogP contribution in [0.3, 0.4) is 0 Å². The number of nitrogens with zero attached hydrogens (tertiary/aromatic N) is 2. The molecular weight excluding hydrogens is 236 g/mol. The Hall–Kier alpha value is -0.940. The van der Waals surface area contributed by atoms with Gasteiger partial charge in [-0.3, -0.25) is 4.90 Å². The summed E-state index contributed by atoms with van der Waals surface area (Å²) in [4.78, 5) is 18.0. The van der Waals surface area contributed by atoms with Crippen LogP contribution in [-0.2, 0) is 6.54 Å². The molecule has 5 heteroatoms. The number of carbonyl (C=O) groups is 1. The molecule has 1 saturated heterocycles. The van der Waals surface area contributed by atoms with Crippen LogP contribution in [0.15, 0.2) is 0 Å². The molecule has 17 heavy (non-hydrogen) atoms. The maximum absolute atomic E-state index is 10.9. The van der Waals surface area contributed by atoms with E-state index in [1.807, 2.05) is 0 Å². The number of hydrogen-bond acceptors (Lipinski definition) is 4. The summed E-state index contributed by atoms with van der Waals surface area (Å²) in [5, 5.41) is 9.91. The molecule has 1 aromatic heterocycles. The lowest BCUT2D eigenvalue weighted by Gasteiger charge is -2.29. The molecule has 94 valence electrons. The van der Waals surface area contributed by atoms with E-state index in [1.165, 1.54) is 24.2 Å². The van der Waals surface area contributed by atoms with E-state index in [0.29, 0.717) is 10.6 Å². The Morgan fingerprint density at radius 1 is 1.65 bits per heavy atom. The summed E-state index contributed by atoms with van der Waals surface area (Å²) in [5.41, 5.74) is 0.641. The first-order chi connectivity index (χ1) is 8.06. The van der Waals surface area contributed by atoms with Crippen molar-refractivity contribution in [3.05, 3.63) is 15.6 Å². The molecule has 0 spiro atoms. The van der Waals surface area contributed by atoms with Gasteiger partial charge in [0, 0.05) is 6.54 Å². The van der Waals surface area contributed by atoms with Crippen LogP contribution in [0.2, 0.25) is 0 Å². The first kappa shape index (κ1) is 12.5. The standard InChI is InChI=1S/C12H18N2O2S/c1-8-4-3-5-14(6-8)7-10-13-9(2)11(17-10)12(15)16/h8H,3-7H2,1-2H3,(H,15,16). The Morgan fingerprint density at radius 3 is 3.00 bits per heavy atom. The van der Waals surface area contributed by atoms with Crippen LogP contribution >= 0.6 is 11.3 Å². The van der Waals surface area contributed by atoms with Gasteiger partial charge in [0.25, 0.3) is 0 Å². The second-order valence-electron chi connectivity index (χ2n) is 4.81. The van der Waals surface area contributed by atoms with Crippen molar-refractivity contribution in [3.8, 4) is 0 Å². The molecule has 1 aliphatic heterocycles. The molecule has 0 aliphatic carbocycles. The van der Waals surface area contributed by atoms with E-state index >= 15 is 0 Å². The van der Waals surface area contributed by atoms with E-state index in [1.54, 1.807) is 6.92 Å². The number of aryl methyl sites for hydroxylation is 1. The van der Waals surface area contributed by atoms with E-state index in [-0.39, 0.29) is 0 Å². The van der Waals surface area contributed by atoms with Crippen molar-refractivity contribution in [2.24, 2.45) is 5.92 Å². The number of aromatic nitrogens is 1. The highest BCUT2D eigenvalue weighted by Gasteiger charge is 2.19. The van der Waals surface area contributed by atoms with Crippen molar-refractivity contribution in [1.29, 1.82) is 0 Å². The molecule has 1 N–H and O–H groups in total. The number of hydrogen-bond donors (Lipinski definition) is 1. The second-order valence-corrected chi connectivity index (χ2v) is 5.89. The Bertz CT molecular complexity index is 417. The maximum Gasteiger partial charge on any atom is 0.347 e. The zero-order valence-electron chi connectivity index (χ0n) is 10.3. The fraction of sp³-hybridized carbons (Fsp3) is 0.667. The van der Waals surface area contributed by atoms with Crippen molar-refractivity contribution in [3.63, 3.8) is 0 Å². The number of piperidine rings is 1. The minimum atomic E-state index is -0.863. The summed E-state index contributed by atoms with van der Waals surface area (Å²) in [6.07, 6.45) is 2.53. The number of rotatable bonds is 3. The molecule has 0 aromatic carbocycles. The van der Waals surface area contributed by atoms with Gasteiger partial charge in [-0.15, -0.1) is 11.3 Å². The van der Waals surface area contributed by atoms with Crippen LogP contribution < -0.4 is 0 Å². The number of carboxylic acids is 1. The highest BCUT2D eigenvalue weighted by atomic mass is 32.1. The summed E-state index contributed by atoms with van der Waals surface area (Å²) in [6, 6.07) is 0. The molecular formula is C12H18N2O2S. The van der Waals surface area contributed by atoms with Crippen molar-refractivity contribution in [1.82, 2.24) is 9.88 Å². The van der Waals surface area contributed by atoms with Gasteiger partial charge in [0.2, 0.25) is 0 Å². The van der Waals surface area contributed by atoms with Crippen LogP contribution in [0.1, 0.15) is 40.1 Å². The molecule has 0 saturated carbocycles. The third-order valence-corrected chi connectivity index (χ3v) is 4.27. The molecule has 2 heterocycles. The summed E-state index contributed by atoms with van der Waals surface area (Å²) < 4.78 is 0. The molecule has 1 atom stereocenters. The van der Waals surface area contributed by atoms with Gasteiger partial charge < -0.3 is 5.11 Å². The summed E-state index contributed by atoms with van der Waals surface area (Å²) in [7, 11) is 0. The van der Waals surface area contributed by atoms with Crippen molar-refractivity contribution < 1.29 is 9.90 Å². The van der Waals surface area contributed by atoms with Crippen LogP contribution in [0, 0.1) is 12.8 Å². The van der Waals surface area contributed by atoms with E-state index in [4.69, 9.17) is 5.11 Å². The topological polar surface area (TPSA) is 53.4 Å². The lowest BCUT2D eigenvalue weighted by atomic mass is 10.0.